The van der Waals surface area contributed by atoms with E-state index in [2.05, 4.69) is 45.8 Å². The van der Waals surface area contributed by atoms with Crippen LogP contribution in [0.5, 0.6) is 5.75 Å². The summed E-state index contributed by atoms with van der Waals surface area (Å²) in [4.78, 5) is 0. The van der Waals surface area contributed by atoms with Gasteiger partial charge in [0.1, 0.15) is 5.75 Å². The summed E-state index contributed by atoms with van der Waals surface area (Å²) in [5.41, 5.74) is 2.73. The summed E-state index contributed by atoms with van der Waals surface area (Å²) < 4.78 is 4.94. The number of hydrogen-bond donors (Lipinski definition) is 1. The molecule has 0 aromatic heterocycles. The molecule has 0 bridgehead atoms. The lowest BCUT2D eigenvalue weighted by molar-refractivity contribution is 0.505. The summed E-state index contributed by atoms with van der Waals surface area (Å²) in [6.07, 6.45) is 1.13. The summed E-state index contributed by atoms with van der Waals surface area (Å²) in [7, 11) is 0. The van der Waals surface area contributed by atoms with E-state index in [0.29, 0.717) is 0 Å². The highest BCUT2D eigenvalue weighted by molar-refractivity contribution is 7.75. The van der Waals surface area contributed by atoms with E-state index in [-0.39, 0.29) is 5.41 Å². The fraction of sp³-hybridized carbons (Fsp3) is 0.500. The van der Waals surface area contributed by atoms with Crippen LogP contribution < -0.4 is 4.18 Å². The fourth-order valence-electron chi connectivity index (χ4n) is 1.38. The Kier molecular flexibility index (Phi) is 3.48. The van der Waals surface area contributed by atoms with Gasteiger partial charge in [0.25, 0.3) is 0 Å². The second-order valence-electron chi connectivity index (χ2n) is 4.31. The van der Waals surface area contributed by atoms with Crippen molar-refractivity contribution >= 4 is 12.9 Å². The molecule has 0 unspecified atom stereocenters. The molecule has 0 radical (unpaired) electrons. The van der Waals surface area contributed by atoms with Crippen LogP contribution in [0.1, 0.15) is 38.3 Å². The Morgan fingerprint density at radius 2 is 2.00 bits per heavy atom. The largest absolute Gasteiger partial charge is 0.429 e. The standard InChI is InChI=1S/C12H18OS/c1-5-12(3,4)10-6-7-11(13-14)9(2)8-10/h6-8,14H,5H2,1-4H3. The molecule has 1 rings (SSSR count). The molecule has 0 aliphatic heterocycles. The van der Waals surface area contributed by atoms with Crippen LogP contribution in [0.4, 0.5) is 0 Å². The lowest BCUT2D eigenvalue weighted by Crippen LogP contribution is -2.15. The molecule has 0 aliphatic carbocycles. The highest BCUT2D eigenvalue weighted by Crippen LogP contribution is 2.30. The normalized spacial score (nSPS) is 11.5. The molecule has 0 atom stereocenters. The molecular formula is C12H18OS. The van der Waals surface area contributed by atoms with E-state index in [0.717, 1.165) is 17.7 Å². The maximum Gasteiger partial charge on any atom is 0.139 e. The monoisotopic (exact) mass is 210 g/mol. The molecule has 0 spiro atoms. The quantitative estimate of drug-likeness (QED) is 0.588. The van der Waals surface area contributed by atoms with Gasteiger partial charge in [0, 0.05) is 12.9 Å². The van der Waals surface area contributed by atoms with Crippen molar-refractivity contribution in [2.24, 2.45) is 0 Å². The average Bonchev–Trinajstić information content (AvgIpc) is 2.17. The van der Waals surface area contributed by atoms with Gasteiger partial charge in [-0.25, -0.2) is 0 Å². The molecule has 1 aromatic carbocycles. The molecule has 0 amide bonds. The molecule has 0 aliphatic rings. The zero-order valence-electron chi connectivity index (χ0n) is 9.29. The van der Waals surface area contributed by atoms with Crippen LogP contribution in [0.15, 0.2) is 18.2 Å². The lowest BCUT2D eigenvalue weighted by atomic mass is 9.82. The molecule has 0 saturated carbocycles. The van der Waals surface area contributed by atoms with E-state index < -0.39 is 0 Å². The summed E-state index contributed by atoms with van der Waals surface area (Å²) in [5.74, 6) is 0.837. The third-order valence-corrected chi connectivity index (χ3v) is 3.14. The van der Waals surface area contributed by atoms with Gasteiger partial charge in [-0.15, -0.1) is 0 Å². The van der Waals surface area contributed by atoms with E-state index in [1.807, 2.05) is 13.0 Å². The van der Waals surface area contributed by atoms with Gasteiger partial charge < -0.3 is 4.18 Å². The van der Waals surface area contributed by atoms with Gasteiger partial charge in [-0.05, 0) is 36.0 Å². The summed E-state index contributed by atoms with van der Waals surface area (Å²) in [6.45, 7) is 8.76. The second kappa shape index (κ2) is 4.26. The van der Waals surface area contributed by atoms with Crippen LogP contribution in [0.2, 0.25) is 0 Å². The van der Waals surface area contributed by atoms with Gasteiger partial charge in [-0.2, -0.15) is 0 Å². The molecule has 0 heterocycles. The fourth-order valence-corrected chi connectivity index (χ4v) is 1.58. The van der Waals surface area contributed by atoms with Gasteiger partial charge in [0.05, 0.1) is 0 Å². The van der Waals surface area contributed by atoms with E-state index in [4.69, 9.17) is 4.18 Å². The van der Waals surface area contributed by atoms with E-state index in [9.17, 15) is 0 Å². The Morgan fingerprint density at radius 3 is 2.43 bits per heavy atom. The highest BCUT2D eigenvalue weighted by atomic mass is 32.1. The molecular weight excluding hydrogens is 192 g/mol. The summed E-state index contributed by atoms with van der Waals surface area (Å²) in [5, 5.41) is 0. The molecule has 1 aromatic rings. The van der Waals surface area contributed by atoms with E-state index in [1.54, 1.807) is 0 Å². The van der Waals surface area contributed by atoms with Crippen LogP contribution in [0, 0.1) is 6.92 Å². The predicted octanol–water partition coefficient (Wildman–Crippen LogP) is 3.91. The first-order valence-corrected chi connectivity index (χ1v) is 5.30. The number of thiol groups is 1. The van der Waals surface area contributed by atoms with Crippen molar-refractivity contribution in [1.82, 2.24) is 0 Å². The Morgan fingerprint density at radius 1 is 1.36 bits per heavy atom. The van der Waals surface area contributed by atoms with Crippen molar-refractivity contribution in [3.63, 3.8) is 0 Å². The summed E-state index contributed by atoms with van der Waals surface area (Å²) in [6, 6.07) is 6.27. The minimum absolute atomic E-state index is 0.236. The zero-order valence-corrected chi connectivity index (χ0v) is 10.2. The molecule has 0 N–H and O–H groups in total. The van der Waals surface area contributed by atoms with Gasteiger partial charge in [-0.1, -0.05) is 32.9 Å². The molecule has 1 nitrogen and oxygen atoms in total. The number of rotatable bonds is 3. The van der Waals surface area contributed by atoms with Gasteiger partial charge in [0.2, 0.25) is 0 Å². The Bertz CT molecular complexity index is 318. The first-order chi connectivity index (χ1) is 6.51. The first kappa shape index (κ1) is 11.4. The Balaban J connectivity index is 3.08. The van der Waals surface area contributed by atoms with Crippen LogP contribution in [0.25, 0.3) is 0 Å². The zero-order chi connectivity index (χ0) is 10.8. The van der Waals surface area contributed by atoms with Gasteiger partial charge in [0.15, 0.2) is 0 Å². The van der Waals surface area contributed by atoms with E-state index >= 15 is 0 Å². The minimum Gasteiger partial charge on any atom is -0.429 e. The molecule has 2 heteroatoms. The molecule has 78 valence electrons. The van der Waals surface area contributed by atoms with Crippen molar-refractivity contribution in [2.75, 3.05) is 0 Å². The third-order valence-electron chi connectivity index (χ3n) is 2.94. The maximum atomic E-state index is 4.94. The minimum atomic E-state index is 0.236. The lowest BCUT2D eigenvalue weighted by Gasteiger charge is -2.24. The Labute approximate surface area is 92.1 Å². The number of benzene rings is 1. The van der Waals surface area contributed by atoms with Gasteiger partial charge in [-0.3, -0.25) is 0 Å². The highest BCUT2D eigenvalue weighted by Gasteiger charge is 2.18. The van der Waals surface area contributed by atoms with Crippen molar-refractivity contribution in [3.8, 4) is 5.75 Å². The SMILES string of the molecule is CCC(C)(C)c1ccc(OS)c(C)c1. The third kappa shape index (κ3) is 2.24. The smallest absolute Gasteiger partial charge is 0.139 e. The van der Waals surface area contributed by atoms with Crippen molar-refractivity contribution in [1.29, 1.82) is 0 Å². The number of hydrogen-bond acceptors (Lipinski definition) is 2. The maximum absolute atomic E-state index is 4.94. The van der Waals surface area contributed by atoms with E-state index in [1.165, 1.54) is 5.56 Å². The molecule has 14 heavy (non-hydrogen) atoms. The summed E-state index contributed by atoms with van der Waals surface area (Å²) >= 11 is 3.81. The van der Waals surface area contributed by atoms with Crippen LogP contribution >= 0.6 is 12.9 Å². The Hall–Kier alpha value is -0.630. The molecule has 0 fully saturated rings. The van der Waals surface area contributed by atoms with Crippen molar-refractivity contribution < 1.29 is 4.18 Å². The van der Waals surface area contributed by atoms with Crippen LogP contribution in [0.3, 0.4) is 0 Å². The van der Waals surface area contributed by atoms with Crippen LogP contribution in [-0.4, -0.2) is 0 Å². The van der Waals surface area contributed by atoms with Crippen molar-refractivity contribution in [2.45, 2.75) is 39.5 Å². The molecule has 0 saturated heterocycles. The van der Waals surface area contributed by atoms with Crippen LogP contribution in [-0.2, 0) is 5.41 Å². The second-order valence-corrected chi connectivity index (χ2v) is 4.49. The van der Waals surface area contributed by atoms with Gasteiger partial charge >= 0.3 is 0 Å². The first-order valence-electron chi connectivity index (χ1n) is 4.94. The number of aryl methyl sites for hydroxylation is 1. The average molecular weight is 210 g/mol. The van der Waals surface area contributed by atoms with Crippen molar-refractivity contribution in [3.05, 3.63) is 29.3 Å². The predicted molar refractivity (Wildman–Crippen MR) is 64.1 cm³/mol. The topological polar surface area (TPSA) is 9.23 Å².